The van der Waals surface area contributed by atoms with E-state index in [4.69, 9.17) is 9.47 Å². The van der Waals surface area contributed by atoms with Gasteiger partial charge in [-0.1, -0.05) is 0 Å². The number of quaternary nitrogens is 1. The molecular formula is C17H22N4O4. The summed E-state index contributed by atoms with van der Waals surface area (Å²) in [7, 11) is 0. The van der Waals surface area contributed by atoms with E-state index in [0.717, 1.165) is 24.8 Å². The zero-order chi connectivity index (χ0) is 17.3. The lowest BCUT2D eigenvalue weighted by Crippen LogP contribution is -2.59. The van der Waals surface area contributed by atoms with Crippen molar-refractivity contribution in [1.29, 1.82) is 0 Å². The van der Waals surface area contributed by atoms with Gasteiger partial charge in [-0.2, -0.15) is 0 Å². The lowest BCUT2D eigenvalue weighted by molar-refractivity contribution is -0.0475. The summed E-state index contributed by atoms with van der Waals surface area (Å²) in [5.41, 5.74) is 1.83. The molecule has 1 N–H and O–H groups in total. The van der Waals surface area contributed by atoms with Gasteiger partial charge in [0.2, 0.25) is 5.82 Å². The second-order valence-electron chi connectivity index (χ2n) is 6.49. The smallest absolute Gasteiger partial charge is 0.422 e. The van der Waals surface area contributed by atoms with E-state index in [0.29, 0.717) is 37.6 Å². The number of hydrogen-bond donors (Lipinski definition) is 1. The van der Waals surface area contributed by atoms with E-state index in [-0.39, 0.29) is 12.8 Å². The third-order valence-corrected chi connectivity index (χ3v) is 4.78. The third kappa shape index (κ3) is 3.13. The van der Waals surface area contributed by atoms with Gasteiger partial charge in [-0.25, -0.2) is 14.4 Å². The summed E-state index contributed by atoms with van der Waals surface area (Å²) < 4.78 is 11.6. The molecule has 8 heteroatoms. The van der Waals surface area contributed by atoms with Gasteiger partial charge in [-0.15, -0.1) is 0 Å². The van der Waals surface area contributed by atoms with Crippen molar-refractivity contribution < 1.29 is 14.3 Å². The molecule has 134 valence electrons. The maximum Gasteiger partial charge on any atom is 0.422 e. The Kier molecular flexibility index (Phi) is 4.43. The molecule has 1 unspecified atom stereocenters. The molecule has 0 aliphatic carbocycles. The second kappa shape index (κ2) is 6.72. The van der Waals surface area contributed by atoms with E-state index in [1.807, 2.05) is 18.3 Å². The van der Waals surface area contributed by atoms with E-state index >= 15 is 0 Å². The number of fused-ring (bicyclic) bond motifs is 1. The molecule has 0 saturated carbocycles. The van der Waals surface area contributed by atoms with Gasteiger partial charge in [0.05, 0.1) is 19.8 Å². The number of nitrogens with one attached hydrogen (secondary N) is 1. The Balaban J connectivity index is 1.49. The number of nitrogens with zero attached hydrogens (tertiary/aromatic N) is 3. The Morgan fingerprint density at radius 2 is 2.24 bits per heavy atom. The van der Waals surface area contributed by atoms with E-state index in [1.165, 1.54) is 6.20 Å². The maximum absolute atomic E-state index is 13.0. The van der Waals surface area contributed by atoms with Crippen LogP contribution in [0, 0.1) is 5.21 Å². The molecule has 0 radical (unpaired) electrons. The molecule has 2 aliphatic rings. The van der Waals surface area contributed by atoms with Crippen molar-refractivity contribution in [3.8, 4) is 0 Å². The summed E-state index contributed by atoms with van der Waals surface area (Å²) in [4.78, 5) is 16.4. The second-order valence-corrected chi connectivity index (χ2v) is 6.49. The SMILES string of the molecule is O=C1NCCC[N+]1([O-])c1cnc2cc(CCCC3OCCO3)ccn12. The Labute approximate surface area is 145 Å². The highest BCUT2D eigenvalue weighted by molar-refractivity contribution is 5.87. The number of amides is 2. The summed E-state index contributed by atoms with van der Waals surface area (Å²) in [6.07, 6.45) is 6.63. The van der Waals surface area contributed by atoms with Gasteiger partial charge < -0.3 is 20.0 Å². The van der Waals surface area contributed by atoms with Crippen LogP contribution in [0.5, 0.6) is 0 Å². The minimum atomic E-state index is -1.00. The summed E-state index contributed by atoms with van der Waals surface area (Å²) in [5, 5.41) is 15.6. The number of aromatic nitrogens is 2. The van der Waals surface area contributed by atoms with Gasteiger partial charge in [0.1, 0.15) is 11.8 Å². The van der Waals surface area contributed by atoms with Crippen LogP contribution in [0.4, 0.5) is 10.6 Å². The number of aryl methyl sites for hydroxylation is 1. The standard InChI is InChI=1S/C17H22N4O4/c22-17-18-6-2-8-21(17,23)15-12-19-14-11-13(5-7-20(14)15)3-1-4-16-24-9-10-25-16/h5,7,11-12,16H,1-4,6,8-10H2,(H,18,22). The van der Waals surface area contributed by atoms with Crippen molar-refractivity contribution in [1.82, 2.24) is 19.3 Å². The third-order valence-electron chi connectivity index (χ3n) is 4.78. The molecule has 2 fully saturated rings. The van der Waals surface area contributed by atoms with Crippen LogP contribution in [-0.2, 0) is 15.9 Å². The molecular weight excluding hydrogens is 324 g/mol. The van der Waals surface area contributed by atoms with E-state index in [1.54, 1.807) is 4.40 Å². The molecule has 0 bridgehead atoms. The molecule has 2 saturated heterocycles. The summed E-state index contributed by atoms with van der Waals surface area (Å²) in [6.45, 7) is 2.14. The summed E-state index contributed by atoms with van der Waals surface area (Å²) in [6, 6.07) is 3.42. The lowest BCUT2D eigenvalue weighted by atomic mass is 10.1. The minimum Gasteiger partial charge on any atom is -0.617 e. The van der Waals surface area contributed by atoms with Crippen LogP contribution in [0.3, 0.4) is 0 Å². The molecule has 0 spiro atoms. The maximum atomic E-state index is 13.0. The molecule has 25 heavy (non-hydrogen) atoms. The van der Waals surface area contributed by atoms with Crippen molar-refractivity contribution in [2.45, 2.75) is 32.0 Å². The number of ether oxygens (including phenoxy) is 2. The first-order valence-corrected chi connectivity index (χ1v) is 8.74. The van der Waals surface area contributed by atoms with Crippen molar-refractivity contribution in [3.05, 3.63) is 35.3 Å². The molecule has 4 heterocycles. The molecule has 2 aromatic heterocycles. The van der Waals surface area contributed by atoms with Gasteiger partial charge in [-0.3, -0.25) is 4.40 Å². The normalized spacial score (nSPS) is 24.8. The Morgan fingerprint density at radius 1 is 1.40 bits per heavy atom. The van der Waals surface area contributed by atoms with Crippen LogP contribution in [-0.4, -0.2) is 48.0 Å². The molecule has 2 aliphatic heterocycles. The zero-order valence-corrected chi connectivity index (χ0v) is 14.0. The number of rotatable bonds is 5. The number of hydrogen-bond acceptors (Lipinski definition) is 5. The number of urea groups is 1. The highest BCUT2D eigenvalue weighted by atomic mass is 16.7. The van der Waals surface area contributed by atoms with Gasteiger partial charge in [0, 0.05) is 19.2 Å². The van der Waals surface area contributed by atoms with Crippen molar-refractivity contribution in [2.24, 2.45) is 0 Å². The molecule has 0 aromatic carbocycles. The van der Waals surface area contributed by atoms with Gasteiger partial charge in [0.25, 0.3) is 0 Å². The highest BCUT2D eigenvalue weighted by Gasteiger charge is 2.36. The number of hydroxylamine groups is 2. The van der Waals surface area contributed by atoms with Crippen molar-refractivity contribution >= 4 is 17.5 Å². The number of pyridine rings is 1. The van der Waals surface area contributed by atoms with Crippen LogP contribution in [0.25, 0.3) is 5.65 Å². The van der Waals surface area contributed by atoms with Crippen molar-refractivity contribution in [3.63, 3.8) is 0 Å². The largest absolute Gasteiger partial charge is 0.617 e. The van der Waals surface area contributed by atoms with E-state index < -0.39 is 10.7 Å². The van der Waals surface area contributed by atoms with Crippen molar-refractivity contribution in [2.75, 3.05) is 26.3 Å². The van der Waals surface area contributed by atoms with Gasteiger partial charge in [-0.05, 0) is 37.0 Å². The van der Waals surface area contributed by atoms with Crippen LogP contribution < -0.4 is 9.96 Å². The zero-order valence-electron chi connectivity index (χ0n) is 14.0. The first kappa shape index (κ1) is 16.5. The monoisotopic (exact) mass is 346 g/mol. The lowest BCUT2D eigenvalue weighted by Gasteiger charge is -2.40. The number of carbonyl (C=O) groups is 1. The average molecular weight is 346 g/mol. The van der Waals surface area contributed by atoms with Gasteiger partial charge in [0.15, 0.2) is 6.29 Å². The van der Waals surface area contributed by atoms with E-state index in [9.17, 15) is 10.0 Å². The fraction of sp³-hybridized carbons (Fsp3) is 0.529. The summed E-state index contributed by atoms with van der Waals surface area (Å²) in [5.74, 6) is 0.353. The first-order chi connectivity index (χ1) is 12.2. The number of carbonyl (C=O) groups excluding carboxylic acids is 1. The highest BCUT2D eigenvalue weighted by Crippen LogP contribution is 2.26. The van der Waals surface area contributed by atoms with Gasteiger partial charge >= 0.3 is 6.03 Å². The fourth-order valence-corrected chi connectivity index (χ4v) is 3.42. The quantitative estimate of drug-likeness (QED) is 0.660. The number of imidazole rings is 1. The average Bonchev–Trinajstić information content (AvgIpc) is 3.27. The van der Waals surface area contributed by atoms with E-state index in [2.05, 4.69) is 10.3 Å². The fourth-order valence-electron chi connectivity index (χ4n) is 3.42. The predicted molar refractivity (Wildman–Crippen MR) is 91.9 cm³/mol. The van der Waals surface area contributed by atoms with Crippen LogP contribution in [0.2, 0.25) is 0 Å². The molecule has 2 aromatic rings. The first-order valence-electron chi connectivity index (χ1n) is 8.74. The van der Waals surface area contributed by atoms with Crippen LogP contribution in [0.15, 0.2) is 24.5 Å². The molecule has 4 rings (SSSR count). The summed E-state index contributed by atoms with van der Waals surface area (Å²) >= 11 is 0. The Bertz CT molecular complexity index is 771. The molecule has 2 amide bonds. The molecule has 1 atom stereocenters. The van der Waals surface area contributed by atoms with Crippen LogP contribution in [0.1, 0.15) is 24.8 Å². The predicted octanol–water partition coefficient (Wildman–Crippen LogP) is 1.95. The Morgan fingerprint density at radius 3 is 3.04 bits per heavy atom. The Hall–Kier alpha value is -2.00. The topological polar surface area (TPSA) is 87.9 Å². The molecule has 8 nitrogen and oxygen atoms in total. The minimum absolute atomic E-state index is 0.0794. The van der Waals surface area contributed by atoms with Crippen LogP contribution >= 0.6 is 0 Å².